The van der Waals surface area contributed by atoms with Crippen molar-refractivity contribution in [2.45, 2.75) is 32.2 Å². The summed E-state index contributed by atoms with van der Waals surface area (Å²) in [5.74, 6) is -1.97. The van der Waals surface area contributed by atoms with E-state index in [1.807, 2.05) is 6.92 Å². The van der Waals surface area contributed by atoms with Gasteiger partial charge in [-0.25, -0.2) is 8.78 Å². The van der Waals surface area contributed by atoms with Gasteiger partial charge in [0.2, 0.25) is 0 Å². The second kappa shape index (κ2) is 4.72. The fourth-order valence-corrected chi connectivity index (χ4v) is 1.98. The van der Waals surface area contributed by atoms with E-state index < -0.39 is 5.92 Å². The van der Waals surface area contributed by atoms with E-state index in [0.29, 0.717) is 36.7 Å². The van der Waals surface area contributed by atoms with Crippen molar-refractivity contribution in [2.24, 2.45) is 5.73 Å². The average Bonchev–Trinajstić information content (AvgIpc) is 2.27. The molecule has 1 aromatic carbocycles. The Bertz CT molecular complexity index is 441. The van der Waals surface area contributed by atoms with E-state index in [2.05, 4.69) is 0 Å². The Hall–Kier alpha value is -1.36. The fraction of sp³-hybridized carbons (Fsp3) is 0.538. The summed E-state index contributed by atoms with van der Waals surface area (Å²) in [4.78, 5) is 0. The summed E-state index contributed by atoms with van der Waals surface area (Å²) in [6, 6.07) is 2.68. The third-order valence-corrected chi connectivity index (χ3v) is 2.77. The van der Waals surface area contributed by atoms with Crippen molar-refractivity contribution in [2.75, 3.05) is 13.2 Å². The van der Waals surface area contributed by atoms with Gasteiger partial charge in [0, 0.05) is 24.1 Å². The second-order valence-corrected chi connectivity index (χ2v) is 4.73. The molecule has 0 amide bonds. The molecule has 2 rings (SSSR count). The molecule has 0 aromatic heterocycles. The molecule has 100 valence electrons. The van der Waals surface area contributed by atoms with E-state index in [-0.39, 0.29) is 11.6 Å². The molecule has 0 fully saturated rings. The Morgan fingerprint density at radius 1 is 1.33 bits per heavy atom. The van der Waals surface area contributed by atoms with Crippen LogP contribution in [0.2, 0.25) is 0 Å². The van der Waals surface area contributed by atoms with Crippen molar-refractivity contribution in [3.63, 3.8) is 0 Å². The molecule has 5 heteroatoms. The van der Waals surface area contributed by atoms with Crippen LogP contribution in [-0.2, 0) is 12.3 Å². The molecular formula is C13H17F2NO2. The molecule has 1 aromatic rings. The van der Waals surface area contributed by atoms with Crippen LogP contribution in [0.15, 0.2) is 12.1 Å². The maximum absolute atomic E-state index is 13.4. The molecule has 1 aliphatic rings. The van der Waals surface area contributed by atoms with E-state index in [1.165, 1.54) is 12.1 Å². The molecule has 2 N–H and O–H groups in total. The van der Waals surface area contributed by atoms with Crippen LogP contribution in [0, 0.1) is 0 Å². The normalized spacial score (nSPS) is 16.5. The highest BCUT2D eigenvalue weighted by Gasteiger charge is 2.28. The minimum Gasteiger partial charge on any atom is -0.486 e. The van der Waals surface area contributed by atoms with Crippen molar-refractivity contribution in [3.05, 3.63) is 23.3 Å². The van der Waals surface area contributed by atoms with E-state index in [9.17, 15) is 8.78 Å². The minimum absolute atomic E-state index is 0.0672. The standard InChI is InChI=1S/C13H17F2NO2/c1-8(16)5-9-6-10(13(2,14)15)7-11-12(9)18-4-3-17-11/h6-8H,3-5,16H2,1-2H3. The number of hydrogen-bond acceptors (Lipinski definition) is 3. The molecule has 0 aliphatic carbocycles. The molecule has 1 heterocycles. The number of fused-ring (bicyclic) bond motifs is 1. The second-order valence-electron chi connectivity index (χ2n) is 4.73. The molecular weight excluding hydrogens is 240 g/mol. The summed E-state index contributed by atoms with van der Waals surface area (Å²) in [6.07, 6.45) is 0.482. The Morgan fingerprint density at radius 2 is 2.00 bits per heavy atom. The minimum atomic E-state index is -2.90. The quantitative estimate of drug-likeness (QED) is 0.904. The van der Waals surface area contributed by atoms with Gasteiger partial charge in [0.15, 0.2) is 11.5 Å². The van der Waals surface area contributed by atoms with Gasteiger partial charge >= 0.3 is 0 Å². The van der Waals surface area contributed by atoms with Crippen LogP contribution in [-0.4, -0.2) is 19.3 Å². The maximum Gasteiger partial charge on any atom is 0.270 e. The van der Waals surface area contributed by atoms with E-state index >= 15 is 0 Å². The highest BCUT2D eigenvalue weighted by molar-refractivity contribution is 5.51. The summed E-state index contributed by atoms with van der Waals surface area (Å²) in [5, 5.41) is 0. The van der Waals surface area contributed by atoms with Gasteiger partial charge in [-0.15, -0.1) is 0 Å². The third-order valence-electron chi connectivity index (χ3n) is 2.77. The van der Waals surface area contributed by atoms with Crippen LogP contribution in [0.3, 0.4) is 0 Å². The average molecular weight is 257 g/mol. The van der Waals surface area contributed by atoms with E-state index in [4.69, 9.17) is 15.2 Å². The SMILES string of the molecule is CC(N)Cc1cc(C(C)(F)F)cc2c1OCCO2. The van der Waals surface area contributed by atoms with Crippen LogP contribution >= 0.6 is 0 Å². The van der Waals surface area contributed by atoms with Crippen molar-refractivity contribution in [1.82, 2.24) is 0 Å². The lowest BCUT2D eigenvalue weighted by Crippen LogP contribution is -2.22. The molecule has 0 spiro atoms. The maximum atomic E-state index is 13.4. The topological polar surface area (TPSA) is 44.5 Å². The summed E-state index contributed by atoms with van der Waals surface area (Å²) in [6.45, 7) is 3.51. The monoisotopic (exact) mass is 257 g/mol. The molecule has 0 saturated heterocycles. The van der Waals surface area contributed by atoms with Gasteiger partial charge in [0.25, 0.3) is 5.92 Å². The first-order valence-corrected chi connectivity index (χ1v) is 5.94. The van der Waals surface area contributed by atoms with Gasteiger partial charge in [0.1, 0.15) is 13.2 Å². The molecule has 1 unspecified atom stereocenters. The number of ether oxygens (including phenoxy) is 2. The lowest BCUT2D eigenvalue weighted by Gasteiger charge is -2.24. The van der Waals surface area contributed by atoms with E-state index in [1.54, 1.807) is 0 Å². The predicted molar refractivity (Wildman–Crippen MR) is 64.4 cm³/mol. The number of halogens is 2. The van der Waals surface area contributed by atoms with Gasteiger partial charge in [-0.2, -0.15) is 0 Å². The summed E-state index contributed by atoms with van der Waals surface area (Å²) >= 11 is 0. The number of alkyl halides is 2. The van der Waals surface area contributed by atoms with Crippen molar-refractivity contribution in [3.8, 4) is 11.5 Å². The molecule has 0 radical (unpaired) electrons. The molecule has 0 bridgehead atoms. The lowest BCUT2D eigenvalue weighted by molar-refractivity contribution is 0.0168. The highest BCUT2D eigenvalue weighted by atomic mass is 19.3. The first-order chi connectivity index (χ1) is 8.38. The van der Waals surface area contributed by atoms with Crippen LogP contribution in [0.25, 0.3) is 0 Å². The zero-order chi connectivity index (χ0) is 13.3. The Kier molecular flexibility index (Phi) is 3.43. The Morgan fingerprint density at radius 3 is 2.61 bits per heavy atom. The Labute approximate surface area is 105 Å². The van der Waals surface area contributed by atoms with Crippen molar-refractivity contribution >= 4 is 0 Å². The summed E-state index contributed by atoms with van der Waals surface area (Å²) in [7, 11) is 0. The van der Waals surface area contributed by atoms with Crippen molar-refractivity contribution in [1.29, 1.82) is 0 Å². The molecule has 1 aliphatic heterocycles. The van der Waals surface area contributed by atoms with E-state index in [0.717, 1.165) is 6.92 Å². The summed E-state index contributed by atoms with van der Waals surface area (Å²) < 4.78 is 37.7. The molecule has 18 heavy (non-hydrogen) atoms. The fourth-order valence-electron chi connectivity index (χ4n) is 1.98. The van der Waals surface area contributed by atoms with Gasteiger partial charge in [-0.05, 0) is 25.5 Å². The Balaban J connectivity index is 2.48. The lowest BCUT2D eigenvalue weighted by atomic mass is 9.99. The molecule has 0 saturated carbocycles. The largest absolute Gasteiger partial charge is 0.486 e. The third kappa shape index (κ3) is 2.72. The highest BCUT2D eigenvalue weighted by Crippen LogP contribution is 2.40. The van der Waals surface area contributed by atoms with Gasteiger partial charge in [-0.3, -0.25) is 0 Å². The van der Waals surface area contributed by atoms with Gasteiger partial charge in [0.05, 0.1) is 0 Å². The molecule has 1 atom stereocenters. The van der Waals surface area contributed by atoms with Crippen LogP contribution < -0.4 is 15.2 Å². The number of rotatable bonds is 3. The number of hydrogen-bond donors (Lipinski definition) is 1. The number of benzene rings is 1. The first-order valence-electron chi connectivity index (χ1n) is 5.94. The van der Waals surface area contributed by atoms with Crippen LogP contribution in [0.5, 0.6) is 11.5 Å². The number of nitrogens with two attached hydrogens (primary N) is 1. The van der Waals surface area contributed by atoms with Crippen LogP contribution in [0.4, 0.5) is 8.78 Å². The predicted octanol–water partition coefficient (Wildman–Crippen LogP) is 2.46. The zero-order valence-electron chi connectivity index (χ0n) is 10.5. The van der Waals surface area contributed by atoms with Crippen LogP contribution in [0.1, 0.15) is 25.0 Å². The smallest absolute Gasteiger partial charge is 0.270 e. The summed E-state index contributed by atoms with van der Waals surface area (Å²) in [5.41, 5.74) is 6.34. The van der Waals surface area contributed by atoms with Gasteiger partial charge in [-0.1, -0.05) is 0 Å². The zero-order valence-corrected chi connectivity index (χ0v) is 10.5. The first kappa shape index (κ1) is 13.1. The molecule has 3 nitrogen and oxygen atoms in total. The van der Waals surface area contributed by atoms with Gasteiger partial charge < -0.3 is 15.2 Å². The van der Waals surface area contributed by atoms with Crippen molar-refractivity contribution < 1.29 is 18.3 Å².